The Bertz CT molecular complexity index is 511. The molecule has 6 heteroatoms. The molecule has 0 radical (unpaired) electrons. The standard InChI is InChI=1S/C14H23N3O3/c1-4-5-17-6-7-20-10(8-17)12-15-13(18)11(9(2)3)14(19)16-12/h9-10H,4-8H2,1-3H3,(H2,15,16,18,19). The molecule has 6 nitrogen and oxygen atoms in total. The van der Waals surface area contributed by atoms with Crippen molar-refractivity contribution in [2.75, 3.05) is 26.2 Å². The quantitative estimate of drug-likeness (QED) is 0.871. The zero-order chi connectivity index (χ0) is 14.7. The predicted octanol–water partition coefficient (Wildman–Crippen LogP) is 1.38. The molecule has 0 aromatic carbocycles. The highest BCUT2D eigenvalue weighted by Gasteiger charge is 2.25. The van der Waals surface area contributed by atoms with Crippen LogP contribution in [0.15, 0.2) is 4.79 Å². The number of rotatable bonds is 4. The molecule has 1 aromatic rings. The van der Waals surface area contributed by atoms with Gasteiger partial charge in [0.1, 0.15) is 11.9 Å². The van der Waals surface area contributed by atoms with Gasteiger partial charge >= 0.3 is 0 Å². The molecular formula is C14H23N3O3. The molecular weight excluding hydrogens is 258 g/mol. The van der Waals surface area contributed by atoms with E-state index in [1.165, 1.54) is 0 Å². The minimum atomic E-state index is -0.282. The van der Waals surface area contributed by atoms with E-state index < -0.39 is 0 Å². The van der Waals surface area contributed by atoms with Gasteiger partial charge in [0.2, 0.25) is 5.88 Å². The van der Waals surface area contributed by atoms with Gasteiger partial charge in [-0.2, -0.15) is 4.98 Å². The van der Waals surface area contributed by atoms with Crippen LogP contribution in [0.25, 0.3) is 0 Å². The molecule has 1 unspecified atom stereocenters. The van der Waals surface area contributed by atoms with Gasteiger partial charge in [-0.25, -0.2) is 0 Å². The Labute approximate surface area is 118 Å². The molecule has 112 valence electrons. The Morgan fingerprint density at radius 3 is 2.90 bits per heavy atom. The van der Waals surface area contributed by atoms with E-state index in [2.05, 4.69) is 21.8 Å². The fourth-order valence-corrected chi connectivity index (χ4v) is 2.55. The molecule has 2 rings (SSSR count). The van der Waals surface area contributed by atoms with Gasteiger partial charge in [-0.05, 0) is 18.9 Å². The van der Waals surface area contributed by atoms with E-state index in [0.29, 0.717) is 24.5 Å². The Balaban J connectivity index is 2.23. The molecule has 0 aliphatic carbocycles. The van der Waals surface area contributed by atoms with E-state index in [1.807, 2.05) is 13.8 Å². The highest BCUT2D eigenvalue weighted by atomic mass is 16.5. The van der Waals surface area contributed by atoms with E-state index in [-0.39, 0.29) is 23.5 Å². The molecule has 2 heterocycles. The van der Waals surface area contributed by atoms with Crippen molar-refractivity contribution >= 4 is 0 Å². The van der Waals surface area contributed by atoms with Gasteiger partial charge in [0, 0.05) is 13.1 Å². The van der Waals surface area contributed by atoms with Crippen LogP contribution in [-0.2, 0) is 4.74 Å². The normalized spacial score (nSPS) is 20.5. The Morgan fingerprint density at radius 2 is 2.30 bits per heavy atom. The van der Waals surface area contributed by atoms with E-state index in [4.69, 9.17) is 4.74 Å². The summed E-state index contributed by atoms with van der Waals surface area (Å²) < 4.78 is 5.67. The van der Waals surface area contributed by atoms with Crippen LogP contribution in [0.1, 0.15) is 50.6 Å². The second-order valence-corrected chi connectivity index (χ2v) is 5.50. The third kappa shape index (κ3) is 3.19. The number of hydrogen-bond donors (Lipinski definition) is 2. The number of nitrogens with zero attached hydrogens (tertiary/aromatic N) is 2. The smallest absolute Gasteiger partial charge is 0.258 e. The number of nitrogens with one attached hydrogen (secondary N) is 1. The highest BCUT2D eigenvalue weighted by molar-refractivity contribution is 5.26. The van der Waals surface area contributed by atoms with Crippen LogP contribution < -0.4 is 5.56 Å². The second kappa shape index (κ2) is 6.37. The van der Waals surface area contributed by atoms with Crippen molar-refractivity contribution < 1.29 is 9.84 Å². The van der Waals surface area contributed by atoms with Gasteiger partial charge < -0.3 is 14.8 Å². The monoisotopic (exact) mass is 281 g/mol. The lowest BCUT2D eigenvalue weighted by atomic mass is 10.1. The molecule has 1 fully saturated rings. The highest BCUT2D eigenvalue weighted by Crippen LogP contribution is 2.23. The number of morpholine rings is 1. The van der Waals surface area contributed by atoms with Gasteiger partial charge in [-0.15, -0.1) is 0 Å². The number of H-pyrrole nitrogens is 1. The van der Waals surface area contributed by atoms with E-state index in [1.54, 1.807) is 0 Å². The maximum absolute atomic E-state index is 12.0. The fraction of sp³-hybridized carbons (Fsp3) is 0.714. The first-order valence-electron chi connectivity index (χ1n) is 7.20. The summed E-state index contributed by atoms with van der Waals surface area (Å²) in [7, 11) is 0. The number of hydrogen-bond acceptors (Lipinski definition) is 5. The van der Waals surface area contributed by atoms with Crippen molar-refractivity contribution in [2.24, 2.45) is 0 Å². The van der Waals surface area contributed by atoms with Crippen molar-refractivity contribution in [3.05, 3.63) is 21.7 Å². The van der Waals surface area contributed by atoms with Gasteiger partial charge in [0.15, 0.2) is 0 Å². The first-order valence-corrected chi connectivity index (χ1v) is 7.20. The molecule has 1 aromatic heterocycles. The lowest BCUT2D eigenvalue weighted by Gasteiger charge is -2.32. The number of aromatic nitrogens is 2. The summed E-state index contributed by atoms with van der Waals surface area (Å²) in [5.41, 5.74) is 0.0497. The molecule has 1 aliphatic heterocycles. The van der Waals surface area contributed by atoms with Crippen LogP contribution in [0.4, 0.5) is 0 Å². The second-order valence-electron chi connectivity index (χ2n) is 5.50. The van der Waals surface area contributed by atoms with Crippen LogP contribution in [0.2, 0.25) is 0 Å². The number of ether oxygens (including phenoxy) is 1. The van der Waals surface area contributed by atoms with Gasteiger partial charge in [0.25, 0.3) is 5.56 Å². The number of aromatic amines is 1. The fourth-order valence-electron chi connectivity index (χ4n) is 2.55. The van der Waals surface area contributed by atoms with Gasteiger partial charge in [0.05, 0.1) is 12.2 Å². The summed E-state index contributed by atoms with van der Waals surface area (Å²) in [6.45, 7) is 9.04. The summed E-state index contributed by atoms with van der Waals surface area (Å²) >= 11 is 0. The van der Waals surface area contributed by atoms with Crippen LogP contribution in [0.3, 0.4) is 0 Å². The Morgan fingerprint density at radius 1 is 1.55 bits per heavy atom. The van der Waals surface area contributed by atoms with Crippen molar-refractivity contribution in [2.45, 2.75) is 39.2 Å². The van der Waals surface area contributed by atoms with Gasteiger partial charge in [-0.3, -0.25) is 9.69 Å². The summed E-state index contributed by atoms with van der Waals surface area (Å²) in [5.74, 6) is 0.164. The van der Waals surface area contributed by atoms with Crippen LogP contribution in [-0.4, -0.2) is 46.2 Å². The van der Waals surface area contributed by atoms with E-state index >= 15 is 0 Å². The molecule has 0 amide bonds. The van der Waals surface area contributed by atoms with Crippen molar-refractivity contribution in [1.29, 1.82) is 0 Å². The Hall–Kier alpha value is -1.40. The third-order valence-electron chi connectivity index (χ3n) is 3.53. The lowest BCUT2D eigenvalue weighted by molar-refractivity contribution is -0.0345. The summed E-state index contributed by atoms with van der Waals surface area (Å²) in [6, 6.07) is 0. The zero-order valence-electron chi connectivity index (χ0n) is 12.3. The maximum Gasteiger partial charge on any atom is 0.258 e. The maximum atomic E-state index is 12.0. The lowest BCUT2D eigenvalue weighted by Crippen LogP contribution is -2.39. The van der Waals surface area contributed by atoms with E-state index in [0.717, 1.165) is 19.5 Å². The minimum Gasteiger partial charge on any atom is -0.493 e. The molecule has 1 atom stereocenters. The topological polar surface area (TPSA) is 78.5 Å². The number of aromatic hydroxyl groups is 1. The first kappa shape index (κ1) is 15.0. The summed E-state index contributed by atoms with van der Waals surface area (Å²) in [4.78, 5) is 21.2. The largest absolute Gasteiger partial charge is 0.493 e. The Kier molecular flexibility index (Phi) is 4.77. The van der Waals surface area contributed by atoms with Crippen molar-refractivity contribution in [3.63, 3.8) is 0 Å². The van der Waals surface area contributed by atoms with E-state index in [9.17, 15) is 9.90 Å². The first-order chi connectivity index (χ1) is 9.52. The van der Waals surface area contributed by atoms with Crippen LogP contribution in [0.5, 0.6) is 5.88 Å². The van der Waals surface area contributed by atoms with Crippen molar-refractivity contribution in [3.8, 4) is 5.88 Å². The van der Waals surface area contributed by atoms with Crippen molar-refractivity contribution in [1.82, 2.24) is 14.9 Å². The molecule has 0 spiro atoms. The summed E-state index contributed by atoms with van der Waals surface area (Å²) in [6.07, 6.45) is 0.795. The molecule has 2 N–H and O–H groups in total. The SMILES string of the molecule is CCCN1CCOC(c2nc(O)c(C(C)C)c(=O)[nH]2)C1. The molecule has 0 saturated carbocycles. The average molecular weight is 281 g/mol. The molecule has 1 aliphatic rings. The zero-order valence-corrected chi connectivity index (χ0v) is 12.3. The molecule has 20 heavy (non-hydrogen) atoms. The summed E-state index contributed by atoms with van der Waals surface area (Å²) in [5, 5.41) is 9.94. The molecule has 0 bridgehead atoms. The van der Waals surface area contributed by atoms with Crippen LogP contribution >= 0.6 is 0 Å². The third-order valence-corrected chi connectivity index (χ3v) is 3.53. The molecule has 1 saturated heterocycles. The predicted molar refractivity (Wildman–Crippen MR) is 76.0 cm³/mol. The minimum absolute atomic E-state index is 0.0656. The van der Waals surface area contributed by atoms with Gasteiger partial charge in [-0.1, -0.05) is 20.8 Å². The van der Waals surface area contributed by atoms with Crippen LogP contribution in [0, 0.1) is 0 Å². The average Bonchev–Trinajstić information content (AvgIpc) is 2.38.